The van der Waals surface area contributed by atoms with Gasteiger partial charge in [0.25, 0.3) is 0 Å². The number of nitrogens with zero attached hydrogens (tertiary/aromatic N) is 1. The average Bonchev–Trinajstić information content (AvgIpc) is 2.80. The Labute approximate surface area is 98.2 Å². The van der Waals surface area contributed by atoms with Gasteiger partial charge in [-0.2, -0.15) is 0 Å². The molecule has 0 amide bonds. The molecule has 0 saturated carbocycles. The average molecular weight is 221 g/mol. The smallest absolute Gasteiger partial charge is 0.0371 e. The lowest BCUT2D eigenvalue weighted by Crippen LogP contribution is -2.37. The van der Waals surface area contributed by atoms with Crippen LogP contribution in [0.3, 0.4) is 0 Å². The first kappa shape index (κ1) is 11.7. The van der Waals surface area contributed by atoms with Crippen molar-refractivity contribution < 1.29 is 0 Å². The van der Waals surface area contributed by atoms with Crippen LogP contribution in [0.4, 0.5) is 0 Å². The molecule has 1 aromatic rings. The van der Waals surface area contributed by atoms with Gasteiger partial charge in [-0.3, -0.25) is 0 Å². The molecule has 0 aromatic carbocycles. The van der Waals surface area contributed by atoms with E-state index in [2.05, 4.69) is 41.6 Å². The van der Waals surface area contributed by atoms with Crippen molar-refractivity contribution in [3.8, 4) is 0 Å². The van der Waals surface area contributed by atoms with Crippen molar-refractivity contribution in [2.45, 2.75) is 37.8 Å². The standard InChI is InChI=1S/C13H23N3/c1-16(2)13(11-6-8-14-10-11)9-12-5-3-4-7-15-12/h6,8,10,12-15H,3-5,7,9H2,1-2H3. The van der Waals surface area contributed by atoms with Gasteiger partial charge in [-0.15, -0.1) is 0 Å². The van der Waals surface area contributed by atoms with Crippen LogP contribution in [0, 0.1) is 0 Å². The van der Waals surface area contributed by atoms with E-state index >= 15 is 0 Å². The second-order valence-electron chi connectivity index (χ2n) is 5.01. The molecule has 0 spiro atoms. The minimum absolute atomic E-state index is 0.529. The van der Waals surface area contributed by atoms with Crippen molar-refractivity contribution in [2.75, 3.05) is 20.6 Å². The Kier molecular flexibility index (Phi) is 4.02. The molecule has 3 nitrogen and oxygen atoms in total. The first-order chi connectivity index (χ1) is 7.77. The Balaban J connectivity index is 1.97. The van der Waals surface area contributed by atoms with E-state index in [1.807, 2.05) is 6.20 Å². The van der Waals surface area contributed by atoms with Gasteiger partial charge in [-0.1, -0.05) is 6.42 Å². The van der Waals surface area contributed by atoms with Crippen molar-refractivity contribution in [3.63, 3.8) is 0 Å². The minimum atomic E-state index is 0.529. The minimum Gasteiger partial charge on any atom is -0.367 e. The van der Waals surface area contributed by atoms with Crippen LogP contribution < -0.4 is 5.32 Å². The summed E-state index contributed by atoms with van der Waals surface area (Å²) in [6, 6.07) is 3.41. The number of aromatic nitrogens is 1. The van der Waals surface area contributed by atoms with Crippen LogP contribution in [0.5, 0.6) is 0 Å². The molecule has 1 saturated heterocycles. The number of rotatable bonds is 4. The van der Waals surface area contributed by atoms with Gasteiger partial charge in [0.15, 0.2) is 0 Å². The molecule has 2 heterocycles. The Morgan fingerprint density at radius 3 is 2.88 bits per heavy atom. The molecule has 90 valence electrons. The second-order valence-corrected chi connectivity index (χ2v) is 5.01. The fourth-order valence-corrected chi connectivity index (χ4v) is 2.58. The Morgan fingerprint density at radius 2 is 2.31 bits per heavy atom. The van der Waals surface area contributed by atoms with Crippen LogP contribution in [0.2, 0.25) is 0 Å². The first-order valence-corrected chi connectivity index (χ1v) is 6.30. The molecule has 0 radical (unpaired) electrons. The molecule has 1 aliphatic heterocycles. The molecule has 2 rings (SSSR count). The highest BCUT2D eigenvalue weighted by molar-refractivity contribution is 5.14. The van der Waals surface area contributed by atoms with E-state index in [1.54, 1.807) is 0 Å². The van der Waals surface area contributed by atoms with E-state index in [0.29, 0.717) is 12.1 Å². The van der Waals surface area contributed by atoms with Crippen molar-refractivity contribution >= 4 is 0 Å². The number of hydrogen-bond donors (Lipinski definition) is 2. The summed E-state index contributed by atoms with van der Waals surface area (Å²) >= 11 is 0. The molecule has 3 heteroatoms. The molecule has 2 atom stereocenters. The van der Waals surface area contributed by atoms with E-state index in [1.165, 1.54) is 37.8 Å². The summed E-state index contributed by atoms with van der Waals surface area (Å²) in [5, 5.41) is 3.63. The third kappa shape index (κ3) is 2.86. The molecule has 2 unspecified atom stereocenters. The third-order valence-electron chi connectivity index (χ3n) is 3.55. The van der Waals surface area contributed by atoms with Crippen LogP contribution in [-0.2, 0) is 0 Å². The number of H-pyrrole nitrogens is 1. The normalized spacial score (nSPS) is 23.6. The lowest BCUT2D eigenvalue weighted by molar-refractivity contribution is 0.240. The van der Waals surface area contributed by atoms with Crippen LogP contribution in [0.25, 0.3) is 0 Å². The maximum atomic E-state index is 3.63. The number of aromatic amines is 1. The van der Waals surface area contributed by atoms with Crippen molar-refractivity contribution in [3.05, 3.63) is 24.0 Å². The summed E-state index contributed by atoms with van der Waals surface area (Å²) in [4.78, 5) is 5.47. The van der Waals surface area contributed by atoms with Gasteiger partial charge in [-0.25, -0.2) is 0 Å². The Morgan fingerprint density at radius 1 is 1.44 bits per heavy atom. The molecular formula is C13H23N3. The highest BCUT2D eigenvalue weighted by Crippen LogP contribution is 2.25. The van der Waals surface area contributed by atoms with E-state index in [-0.39, 0.29) is 0 Å². The Bertz CT molecular complexity index is 286. The topological polar surface area (TPSA) is 31.1 Å². The summed E-state index contributed by atoms with van der Waals surface area (Å²) < 4.78 is 0. The SMILES string of the molecule is CN(C)C(CC1CCCCN1)c1cc[nH]c1. The van der Waals surface area contributed by atoms with E-state index in [0.717, 1.165) is 0 Å². The number of nitrogens with one attached hydrogen (secondary N) is 2. The van der Waals surface area contributed by atoms with Gasteiger partial charge < -0.3 is 15.2 Å². The van der Waals surface area contributed by atoms with Gasteiger partial charge in [0, 0.05) is 24.5 Å². The van der Waals surface area contributed by atoms with Gasteiger partial charge in [0.2, 0.25) is 0 Å². The van der Waals surface area contributed by atoms with Gasteiger partial charge in [0.1, 0.15) is 0 Å². The predicted molar refractivity (Wildman–Crippen MR) is 67.5 cm³/mol. The molecule has 1 aliphatic rings. The third-order valence-corrected chi connectivity index (χ3v) is 3.55. The van der Waals surface area contributed by atoms with E-state index in [9.17, 15) is 0 Å². The fraction of sp³-hybridized carbons (Fsp3) is 0.692. The second kappa shape index (κ2) is 5.51. The highest BCUT2D eigenvalue weighted by atomic mass is 15.1. The monoisotopic (exact) mass is 221 g/mol. The lowest BCUT2D eigenvalue weighted by atomic mass is 9.95. The van der Waals surface area contributed by atoms with Gasteiger partial charge in [-0.05, 0) is 51.5 Å². The van der Waals surface area contributed by atoms with Crippen molar-refractivity contribution in [1.82, 2.24) is 15.2 Å². The zero-order valence-corrected chi connectivity index (χ0v) is 10.4. The molecular weight excluding hydrogens is 198 g/mol. The van der Waals surface area contributed by atoms with Crippen LogP contribution >= 0.6 is 0 Å². The Hall–Kier alpha value is -0.800. The fourth-order valence-electron chi connectivity index (χ4n) is 2.58. The van der Waals surface area contributed by atoms with Crippen molar-refractivity contribution in [2.24, 2.45) is 0 Å². The van der Waals surface area contributed by atoms with Crippen LogP contribution in [0.1, 0.15) is 37.3 Å². The predicted octanol–water partition coefficient (Wildman–Crippen LogP) is 2.15. The molecule has 1 aromatic heterocycles. The van der Waals surface area contributed by atoms with Gasteiger partial charge >= 0.3 is 0 Å². The lowest BCUT2D eigenvalue weighted by Gasteiger charge is -2.31. The zero-order valence-electron chi connectivity index (χ0n) is 10.4. The molecule has 16 heavy (non-hydrogen) atoms. The maximum Gasteiger partial charge on any atom is 0.0371 e. The molecule has 0 aliphatic carbocycles. The quantitative estimate of drug-likeness (QED) is 0.816. The highest BCUT2D eigenvalue weighted by Gasteiger charge is 2.21. The van der Waals surface area contributed by atoms with Crippen LogP contribution in [0.15, 0.2) is 18.5 Å². The number of hydrogen-bond acceptors (Lipinski definition) is 2. The summed E-state index contributed by atoms with van der Waals surface area (Å²) in [5.41, 5.74) is 1.40. The maximum absolute atomic E-state index is 3.63. The van der Waals surface area contributed by atoms with Crippen molar-refractivity contribution in [1.29, 1.82) is 0 Å². The molecule has 1 fully saturated rings. The number of piperidine rings is 1. The van der Waals surface area contributed by atoms with E-state index in [4.69, 9.17) is 0 Å². The molecule has 2 N–H and O–H groups in total. The summed E-state index contributed by atoms with van der Waals surface area (Å²) in [6.45, 7) is 1.19. The first-order valence-electron chi connectivity index (χ1n) is 6.30. The summed E-state index contributed by atoms with van der Waals surface area (Å²) in [5.74, 6) is 0. The zero-order chi connectivity index (χ0) is 11.4. The van der Waals surface area contributed by atoms with Crippen LogP contribution in [-0.4, -0.2) is 36.6 Å². The van der Waals surface area contributed by atoms with E-state index < -0.39 is 0 Å². The largest absolute Gasteiger partial charge is 0.367 e. The summed E-state index contributed by atoms with van der Waals surface area (Å²) in [7, 11) is 4.33. The molecule has 0 bridgehead atoms. The summed E-state index contributed by atoms with van der Waals surface area (Å²) in [6.07, 6.45) is 9.39. The van der Waals surface area contributed by atoms with Gasteiger partial charge in [0.05, 0.1) is 0 Å².